The smallest absolute Gasteiger partial charge is 0.374 e. The second-order valence-electron chi connectivity index (χ2n) is 5.23. The van der Waals surface area contributed by atoms with Crippen LogP contribution < -0.4 is 0 Å². The predicted octanol–water partition coefficient (Wildman–Crippen LogP) is 4.48. The summed E-state index contributed by atoms with van der Waals surface area (Å²) in [7, 11) is 0. The number of fused-ring (bicyclic) bond motifs is 1. The molecule has 0 radical (unpaired) electrons. The molecule has 0 aliphatic rings. The predicted molar refractivity (Wildman–Crippen MR) is 90.3 cm³/mol. The van der Waals surface area contributed by atoms with Crippen LogP contribution in [0.3, 0.4) is 0 Å². The Labute approximate surface area is 147 Å². The summed E-state index contributed by atoms with van der Waals surface area (Å²) >= 11 is 1.11. The van der Waals surface area contributed by atoms with Gasteiger partial charge < -0.3 is 13.9 Å². The monoisotopic (exact) mass is 362 g/mol. The minimum Gasteiger partial charge on any atom is -0.462 e. The highest BCUT2D eigenvalue weighted by Gasteiger charge is 2.23. The topological polar surface area (TPSA) is 65.7 Å². The number of benzene rings is 1. The standard InChI is InChI=1S/C18H15FO5S/c1-3-22-18(21)16-11(15-12(19)5-4-6-14(15)25-16)9-23-17(20)13-8-7-10(2)24-13/h4-8H,3,9H2,1-2H3. The van der Waals surface area contributed by atoms with Crippen LogP contribution in [-0.4, -0.2) is 18.5 Å². The van der Waals surface area contributed by atoms with Gasteiger partial charge in [0.1, 0.15) is 23.1 Å². The Bertz CT molecular complexity index is 940. The molecule has 0 fully saturated rings. The van der Waals surface area contributed by atoms with E-state index in [1.54, 1.807) is 32.0 Å². The molecule has 0 atom stereocenters. The summed E-state index contributed by atoms with van der Waals surface area (Å²) in [6.07, 6.45) is 0. The lowest BCUT2D eigenvalue weighted by atomic mass is 10.1. The molecule has 7 heteroatoms. The Morgan fingerprint density at radius 3 is 2.64 bits per heavy atom. The van der Waals surface area contributed by atoms with E-state index in [-0.39, 0.29) is 29.2 Å². The van der Waals surface area contributed by atoms with Crippen LogP contribution in [-0.2, 0) is 16.1 Å². The van der Waals surface area contributed by atoms with E-state index in [0.29, 0.717) is 16.0 Å². The SMILES string of the molecule is CCOC(=O)c1sc2cccc(F)c2c1COC(=O)c1ccc(C)o1. The van der Waals surface area contributed by atoms with Crippen LogP contribution in [0, 0.1) is 12.7 Å². The van der Waals surface area contributed by atoms with Crippen LogP contribution in [0.1, 0.15) is 38.5 Å². The number of carbonyl (C=O) groups is 2. The number of rotatable bonds is 5. The fourth-order valence-electron chi connectivity index (χ4n) is 2.42. The first kappa shape index (κ1) is 17.2. The third-order valence-corrected chi connectivity index (χ3v) is 4.69. The van der Waals surface area contributed by atoms with Crippen molar-refractivity contribution in [1.29, 1.82) is 0 Å². The van der Waals surface area contributed by atoms with Crippen LogP contribution in [0.25, 0.3) is 10.1 Å². The highest BCUT2D eigenvalue weighted by atomic mass is 32.1. The molecule has 3 aromatic rings. The van der Waals surface area contributed by atoms with E-state index in [4.69, 9.17) is 13.9 Å². The van der Waals surface area contributed by atoms with Crippen molar-refractivity contribution in [2.45, 2.75) is 20.5 Å². The molecule has 2 heterocycles. The Kier molecular flexibility index (Phi) is 4.85. The van der Waals surface area contributed by atoms with Gasteiger partial charge in [0.2, 0.25) is 5.76 Å². The lowest BCUT2D eigenvalue weighted by Gasteiger charge is -2.06. The summed E-state index contributed by atoms with van der Waals surface area (Å²) in [6, 6.07) is 7.69. The highest BCUT2D eigenvalue weighted by molar-refractivity contribution is 7.21. The van der Waals surface area contributed by atoms with Crippen molar-refractivity contribution < 1.29 is 27.9 Å². The molecule has 0 saturated carbocycles. The fraction of sp³-hybridized carbons (Fsp3) is 0.222. The zero-order valence-corrected chi connectivity index (χ0v) is 14.4. The van der Waals surface area contributed by atoms with Gasteiger partial charge in [-0.05, 0) is 38.1 Å². The van der Waals surface area contributed by atoms with Gasteiger partial charge in [-0.2, -0.15) is 0 Å². The molecule has 0 aliphatic carbocycles. The number of carbonyl (C=O) groups excluding carboxylic acids is 2. The van der Waals surface area contributed by atoms with E-state index >= 15 is 0 Å². The molecule has 3 rings (SSSR count). The molecule has 25 heavy (non-hydrogen) atoms. The van der Waals surface area contributed by atoms with E-state index < -0.39 is 17.8 Å². The lowest BCUT2D eigenvalue weighted by Crippen LogP contribution is -2.09. The van der Waals surface area contributed by atoms with Crippen LogP contribution >= 0.6 is 11.3 Å². The van der Waals surface area contributed by atoms with Gasteiger partial charge in [-0.25, -0.2) is 14.0 Å². The van der Waals surface area contributed by atoms with Gasteiger partial charge in [-0.1, -0.05) is 6.07 Å². The minimum atomic E-state index is -0.682. The summed E-state index contributed by atoms with van der Waals surface area (Å²) in [5.41, 5.74) is 0.299. The third kappa shape index (κ3) is 3.41. The quantitative estimate of drug-likeness (QED) is 0.626. The number of esters is 2. The number of aryl methyl sites for hydroxylation is 1. The number of ether oxygens (including phenoxy) is 2. The van der Waals surface area contributed by atoms with Crippen molar-refractivity contribution in [1.82, 2.24) is 0 Å². The van der Waals surface area contributed by atoms with E-state index in [0.717, 1.165) is 11.3 Å². The van der Waals surface area contributed by atoms with Gasteiger partial charge in [0.25, 0.3) is 0 Å². The van der Waals surface area contributed by atoms with E-state index in [2.05, 4.69) is 0 Å². The van der Waals surface area contributed by atoms with E-state index in [1.807, 2.05) is 0 Å². The Morgan fingerprint density at radius 1 is 1.16 bits per heavy atom. The number of hydrogen-bond donors (Lipinski definition) is 0. The third-order valence-electron chi connectivity index (χ3n) is 3.51. The second-order valence-corrected chi connectivity index (χ2v) is 6.28. The van der Waals surface area contributed by atoms with Gasteiger partial charge in [0, 0.05) is 15.6 Å². The first-order valence-corrected chi connectivity index (χ1v) is 8.43. The van der Waals surface area contributed by atoms with E-state index in [1.165, 1.54) is 12.1 Å². The number of furan rings is 1. The van der Waals surface area contributed by atoms with Crippen LogP contribution in [0.5, 0.6) is 0 Å². The lowest BCUT2D eigenvalue weighted by molar-refractivity contribution is 0.0422. The molecule has 0 unspecified atom stereocenters. The van der Waals surface area contributed by atoms with Gasteiger partial charge in [-0.15, -0.1) is 11.3 Å². The molecule has 0 amide bonds. The maximum atomic E-state index is 14.3. The molecule has 5 nitrogen and oxygen atoms in total. The molecule has 0 aliphatic heterocycles. The molecule has 2 aromatic heterocycles. The Hall–Kier alpha value is -2.67. The van der Waals surface area contributed by atoms with Crippen molar-refractivity contribution >= 4 is 33.4 Å². The maximum Gasteiger partial charge on any atom is 0.374 e. The summed E-state index contributed by atoms with van der Waals surface area (Å²) in [5, 5.41) is 0.263. The normalized spacial score (nSPS) is 10.8. The summed E-state index contributed by atoms with van der Waals surface area (Å²) < 4.78 is 30.3. The van der Waals surface area contributed by atoms with Crippen LogP contribution in [0.4, 0.5) is 4.39 Å². The number of thiophene rings is 1. The summed E-state index contributed by atoms with van der Waals surface area (Å²) in [4.78, 5) is 24.5. The fourth-order valence-corrected chi connectivity index (χ4v) is 3.54. The summed E-state index contributed by atoms with van der Waals surface area (Å²) in [6.45, 7) is 3.33. The van der Waals surface area contributed by atoms with Crippen molar-refractivity contribution in [2.24, 2.45) is 0 Å². The Morgan fingerprint density at radius 2 is 1.96 bits per heavy atom. The maximum absolute atomic E-state index is 14.3. The van der Waals surface area contributed by atoms with Gasteiger partial charge in [-0.3, -0.25) is 0 Å². The first-order valence-electron chi connectivity index (χ1n) is 7.61. The largest absolute Gasteiger partial charge is 0.462 e. The second kappa shape index (κ2) is 7.06. The number of halogens is 1. The molecular formula is C18H15FO5S. The van der Waals surface area contributed by atoms with Gasteiger partial charge in [0.15, 0.2) is 0 Å². The van der Waals surface area contributed by atoms with Crippen molar-refractivity contribution in [3.63, 3.8) is 0 Å². The van der Waals surface area contributed by atoms with Crippen molar-refractivity contribution in [2.75, 3.05) is 6.61 Å². The van der Waals surface area contributed by atoms with E-state index in [9.17, 15) is 14.0 Å². The van der Waals surface area contributed by atoms with Crippen molar-refractivity contribution in [3.8, 4) is 0 Å². The van der Waals surface area contributed by atoms with Gasteiger partial charge in [0.05, 0.1) is 6.61 Å². The minimum absolute atomic E-state index is 0.0511. The molecule has 0 saturated heterocycles. The number of hydrogen-bond acceptors (Lipinski definition) is 6. The molecule has 130 valence electrons. The summed E-state index contributed by atoms with van der Waals surface area (Å²) in [5.74, 6) is -1.10. The van der Waals surface area contributed by atoms with Crippen LogP contribution in [0.15, 0.2) is 34.7 Å². The highest BCUT2D eigenvalue weighted by Crippen LogP contribution is 2.34. The zero-order chi connectivity index (χ0) is 18.0. The molecule has 0 spiro atoms. The Balaban J connectivity index is 1.94. The molecule has 0 bridgehead atoms. The molecule has 1 aromatic carbocycles. The molecule has 0 N–H and O–H groups in total. The average Bonchev–Trinajstić information content (AvgIpc) is 3.17. The molecular weight excluding hydrogens is 347 g/mol. The van der Waals surface area contributed by atoms with Gasteiger partial charge >= 0.3 is 11.9 Å². The zero-order valence-electron chi connectivity index (χ0n) is 13.6. The average molecular weight is 362 g/mol. The first-order chi connectivity index (χ1) is 12.0. The van der Waals surface area contributed by atoms with Crippen LogP contribution in [0.2, 0.25) is 0 Å². The van der Waals surface area contributed by atoms with Crippen molar-refractivity contribution in [3.05, 3.63) is 58.1 Å².